The van der Waals surface area contributed by atoms with E-state index in [1.165, 1.54) is 25.3 Å². The SMILES string of the molecule is CC(=O)OC1CC[C@@]2(C)C(=CC[C@H]3[C@@H]4CC[C@H](OC(C)=O)[C@@]4(C)CC[C@@H]32)C1. The lowest BCUT2D eigenvalue weighted by atomic mass is 9.48. The number of hydrogen-bond acceptors (Lipinski definition) is 4. The molecule has 0 aromatic carbocycles. The highest BCUT2D eigenvalue weighted by atomic mass is 16.5. The molecular weight excluding hydrogens is 340 g/mol. The number of esters is 2. The zero-order valence-corrected chi connectivity index (χ0v) is 17.3. The number of rotatable bonds is 2. The van der Waals surface area contributed by atoms with Crippen LogP contribution in [-0.4, -0.2) is 24.1 Å². The van der Waals surface area contributed by atoms with Gasteiger partial charge in [-0.1, -0.05) is 25.5 Å². The van der Waals surface area contributed by atoms with Gasteiger partial charge in [0.2, 0.25) is 0 Å². The normalized spacial score (nSPS) is 45.8. The molecule has 7 atom stereocenters. The molecule has 150 valence electrons. The maximum atomic E-state index is 11.6. The predicted molar refractivity (Wildman–Crippen MR) is 103 cm³/mol. The van der Waals surface area contributed by atoms with Gasteiger partial charge in [-0.2, -0.15) is 0 Å². The number of carbonyl (C=O) groups is 2. The van der Waals surface area contributed by atoms with Crippen LogP contribution >= 0.6 is 0 Å². The third kappa shape index (κ3) is 3.03. The Kier molecular flexibility index (Phi) is 4.67. The van der Waals surface area contributed by atoms with Crippen molar-refractivity contribution in [1.82, 2.24) is 0 Å². The lowest BCUT2D eigenvalue weighted by Crippen LogP contribution is -2.51. The molecule has 0 heterocycles. The predicted octanol–water partition coefficient (Wildman–Crippen LogP) is 4.81. The van der Waals surface area contributed by atoms with Crippen LogP contribution in [0.4, 0.5) is 0 Å². The molecule has 0 saturated heterocycles. The van der Waals surface area contributed by atoms with E-state index in [0.717, 1.165) is 38.5 Å². The molecule has 0 spiro atoms. The molecule has 1 unspecified atom stereocenters. The van der Waals surface area contributed by atoms with Crippen molar-refractivity contribution in [3.63, 3.8) is 0 Å². The van der Waals surface area contributed by atoms with Crippen LogP contribution in [0.1, 0.15) is 79.1 Å². The fraction of sp³-hybridized carbons (Fsp3) is 0.826. The molecule has 4 rings (SSSR count). The summed E-state index contributed by atoms with van der Waals surface area (Å²) in [5, 5.41) is 0. The van der Waals surface area contributed by atoms with Gasteiger partial charge in [0.25, 0.3) is 0 Å². The quantitative estimate of drug-likeness (QED) is 0.514. The fourth-order valence-corrected chi connectivity index (χ4v) is 7.31. The number of carbonyl (C=O) groups excluding carboxylic acids is 2. The highest BCUT2D eigenvalue weighted by Gasteiger charge is 2.59. The van der Waals surface area contributed by atoms with Gasteiger partial charge < -0.3 is 9.47 Å². The van der Waals surface area contributed by atoms with Crippen molar-refractivity contribution in [1.29, 1.82) is 0 Å². The van der Waals surface area contributed by atoms with E-state index < -0.39 is 0 Å². The van der Waals surface area contributed by atoms with Crippen molar-refractivity contribution in [2.45, 2.75) is 91.3 Å². The molecule has 27 heavy (non-hydrogen) atoms. The summed E-state index contributed by atoms with van der Waals surface area (Å²) in [6, 6.07) is 0. The van der Waals surface area contributed by atoms with Crippen LogP contribution in [0, 0.1) is 28.6 Å². The van der Waals surface area contributed by atoms with Crippen LogP contribution in [0.2, 0.25) is 0 Å². The lowest BCUT2D eigenvalue weighted by Gasteiger charge is -2.57. The number of allylic oxidation sites excluding steroid dienone is 1. The van der Waals surface area contributed by atoms with Crippen molar-refractivity contribution in [2.75, 3.05) is 0 Å². The first-order valence-corrected chi connectivity index (χ1v) is 10.8. The summed E-state index contributed by atoms with van der Waals surface area (Å²) in [4.78, 5) is 22.9. The highest BCUT2D eigenvalue weighted by molar-refractivity contribution is 5.66. The second-order valence-electron chi connectivity index (χ2n) is 9.95. The standard InChI is InChI=1S/C23H34O4/c1-14(24)26-17-9-11-22(3)16(13-17)5-6-18-19-7-8-21(27-15(2)25)23(19,4)12-10-20(18)22/h5,17-21H,6-13H2,1-4H3/t17?,18-,19-,20-,21-,22-,23-/m0/s1. The van der Waals surface area contributed by atoms with Gasteiger partial charge in [-0.3, -0.25) is 9.59 Å². The summed E-state index contributed by atoms with van der Waals surface area (Å²) in [7, 11) is 0. The summed E-state index contributed by atoms with van der Waals surface area (Å²) < 4.78 is 11.3. The van der Waals surface area contributed by atoms with Gasteiger partial charge in [-0.25, -0.2) is 0 Å². The van der Waals surface area contributed by atoms with Gasteiger partial charge >= 0.3 is 11.9 Å². The molecular formula is C23H34O4. The van der Waals surface area contributed by atoms with Crippen molar-refractivity contribution < 1.29 is 19.1 Å². The van der Waals surface area contributed by atoms with Crippen LogP contribution in [0.5, 0.6) is 0 Å². The van der Waals surface area contributed by atoms with Crippen molar-refractivity contribution in [3.8, 4) is 0 Å². The van der Waals surface area contributed by atoms with Crippen molar-refractivity contribution >= 4 is 11.9 Å². The number of ether oxygens (including phenoxy) is 2. The van der Waals surface area contributed by atoms with Crippen LogP contribution in [-0.2, 0) is 19.1 Å². The molecule has 0 amide bonds. The summed E-state index contributed by atoms with van der Waals surface area (Å²) in [6.45, 7) is 7.88. The number of hydrogen-bond donors (Lipinski definition) is 0. The molecule has 0 aliphatic heterocycles. The third-order valence-electron chi connectivity index (χ3n) is 8.61. The lowest BCUT2D eigenvalue weighted by molar-refractivity contribution is -0.157. The topological polar surface area (TPSA) is 52.6 Å². The Hall–Kier alpha value is -1.32. The van der Waals surface area contributed by atoms with Gasteiger partial charge in [-0.15, -0.1) is 0 Å². The van der Waals surface area contributed by atoms with E-state index in [-0.39, 0.29) is 35.0 Å². The minimum absolute atomic E-state index is 0.0621. The molecule has 0 N–H and O–H groups in total. The third-order valence-corrected chi connectivity index (χ3v) is 8.61. The van der Waals surface area contributed by atoms with Crippen molar-refractivity contribution in [3.05, 3.63) is 11.6 Å². The van der Waals surface area contributed by atoms with Crippen molar-refractivity contribution in [2.24, 2.45) is 28.6 Å². The Balaban J connectivity index is 1.55. The Morgan fingerprint density at radius 2 is 1.70 bits per heavy atom. The Bertz CT molecular complexity index is 667. The monoisotopic (exact) mass is 374 g/mol. The summed E-state index contributed by atoms with van der Waals surface area (Å²) in [6.07, 6.45) is 11.4. The minimum atomic E-state index is -0.159. The molecule has 0 radical (unpaired) electrons. The van der Waals surface area contributed by atoms with Crippen LogP contribution < -0.4 is 0 Å². The summed E-state index contributed by atoms with van der Waals surface area (Å²) >= 11 is 0. The van der Waals surface area contributed by atoms with Gasteiger partial charge in [0, 0.05) is 25.7 Å². The second-order valence-corrected chi connectivity index (χ2v) is 9.95. The molecule has 3 fully saturated rings. The smallest absolute Gasteiger partial charge is 0.302 e. The maximum absolute atomic E-state index is 11.6. The van der Waals surface area contributed by atoms with Gasteiger partial charge in [0.1, 0.15) is 12.2 Å². The molecule has 0 aromatic rings. The molecule has 4 aliphatic rings. The fourth-order valence-electron chi connectivity index (χ4n) is 7.31. The molecule has 3 saturated carbocycles. The zero-order valence-electron chi connectivity index (χ0n) is 17.3. The molecule has 4 heteroatoms. The van der Waals surface area contributed by atoms with E-state index in [9.17, 15) is 9.59 Å². The van der Waals surface area contributed by atoms with E-state index in [0.29, 0.717) is 17.8 Å². The Labute approximate surface area is 163 Å². The largest absolute Gasteiger partial charge is 0.462 e. The Morgan fingerprint density at radius 1 is 0.963 bits per heavy atom. The summed E-state index contributed by atoms with van der Waals surface area (Å²) in [5.74, 6) is 1.77. The molecule has 4 aliphatic carbocycles. The first-order valence-electron chi connectivity index (χ1n) is 10.8. The van der Waals surface area contributed by atoms with E-state index in [1.807, 2.05) is 0 Å². The van der Waals surface area contributed by atoms with Crippen LogP contribution in [0.25, 0.3) is 0 Å². The molecule has 4 nitrogen and oxygen atoms in total. The maximum Gasteiger partial charge on any atom is 0.302 e. The van der Waals surface area contributed by atoms with Gasteiger partial charge in [0.05, 0.1) is 0 Å². The number of fused-ring (bicyclic) bond motifs is 5. The minimum Gasteiger partial charge on any atom is -0.462 e. The first-order chi connectivity index (χ1) is 12.7. The first kappa shape index (κ1) is 19.0. The van der Waals surface area contributed by atoms with E-state index in [1.54, 1.807) is 6.92 Å². The van der Waals surface area contributed by atoms with E-state index in [4.69, 9.17) is 9.47 Å². The summed E-state index contributed by atoms with van der Waals surface area (Å²) in [5.41, 5.74) is 1.92. The molecule has 0 bridgehead atoms. The van der Waals surface area contributed by atoms with E-state index in [2.05, 4.69) is 19.9 Å². The van der Waals surface area contributed by atoms with Gasteiger partial charge in [0.15, 0.2) is 0 Å². The molecule has 0 aromatic heterocycles. The Morgan fingerprint density at radius 3 is 2.41 bits per heavy atom. The zero-order chi connectivity index (χ0) is 19.4. The van der Waals surface area contributed by atoms with Crippen LogP contribution in [0.15, 0.2) is 11.6 Å². The van der Waals surface area contributed by atoms with Gasteiger partial charge in [-0.05, 0) is 68.1 Å². The average molecular weight is 375 g/mol. The average Bonchev–Trinajstić information content (AvgIpc) is 2.91. The van der Waals surface area contributed by atoms with Crippen LogP contribution in [0.3, 0.4) is 0 Å². The highest BCUT2D eigenvalue weighted by Crippen LogP contribution is 2.65. The second kappa shape index (κ2) is 6.63. The van der Waals surface area contributed by atoms with E-state index >= 15 is 0 Å².